The first-order valence-corrected chi connectivity index (χ1v) is 12.2. The summed E-state index contributed by atoms with van der Waals surface area (Å²) in [6, 6.07) is 23.9. The lowest BCUT2D eigenvalue weighted by molar-refractivity contribution is -0.116. The molecule has 0 aliphatic rings. The lowest BCUT2D eigenvalue weighted by Gasteiger charge is -2.06. The number of carbonyl (C=O) groups is 2. The number of imidazole rings is 1. The highest BCUT2D eigenvalue weighted by Crippen LogP contribution is 2.26. The maximum atomic E-state index is 12.5. The van der Waals surface area contributed by atoms with Gasteiger partial charge in [-0.1, -0.05) is 42.5 Å². The summed E-state index contributed by atoms with van der Waals surface area (Å²) in [6.45, 7) is 0.278. The predicted octanol–water partition coefficient (Wildman–Crippen LogP) is 4.74. The lowest BCUT2D eigenvalue weighted by Crippen LogP contribution is -2.24. The maximum Gasteiger partial charge on any atom is 0.328 e. The van der Waals surface area contributed by atoms with Gasteiger partial charge in [-0.2, -0.15) is 0 Å². The largest absolute Gasteiger partial charge is 0.328 e. The van der Waals surface area contributed by atoms with Gasteiger partial charge in [0.2, 0.25) is 5.91 Å². The summed E-state index contributed by atoms with van der Waals surface area (Å²) in [5.74, 6) is -0.387. The molecule has 0 aliphatic carbocycles. The van der Waals surface area contributed by atoms with E-state index in [1.807, 2.05) is 72.1 Å². The van der Waals surface area contributed by atoms with Gasteiger partial charge in [-0.25, -0.2) is 9.78 Å². The summed E-state index contributed by atoms with van der Waals surface area (Å²) >= 11 is 1.33. The molecule has 2 heterocycles. The van der Waals surface area contributed by atoms with Crippen LogP contribution in [-0.2, 0) is 18.4 Å². The van der Waals surface area contributed by atoms with Gasteiger partial charge in [0.15, 0.2) is 5.13 Å². The number of para-hydroxylation sites is 2. The number of amides is 2. The Morgan fingerprint density at radius 1 is 0.889 bits per heavy atom. The molecule has 9 heteroatoms. The molecule has 0 atom stereocenters. The normalized spacial score (nSPS) is 10.9. The standard InChI is InChI=1S/C27H23N5O3S/c1-31-22-9-5-6-10-23(22)32(27(31)35)16-15-24(33)30-26-29-21(17-36-26)18-11-13-20(14-12-18)28-25(34)19-7-3-2-4-8-19/h2-14,17H,15-16H2,1H3,(H,28,34)(H,29,30,33). The summed E-state index contributed by atoms with van der Waals surface area (Å²) in [4.78, 5) is 41.9. The number of hydrogen-bond donors (Lipinski definition) is 2. The number of nitrogens with zero attached hydrogens (tertiary/aromatic N) is 3. The van der Waals surface area contributed by atoms with Crippen LogP contribution in [0.3, 0.4) is 0 Å². The average molecular weight is 498 g/mol. The Morgan fingerprint density at radius 3 is 2.33 bits per heavy atom. The lowest BCUT2D eigenvalue weighted by atomic mass is 10.1. The van der Waals surface area contributed by atoms with Crippen molar-refractivity contribution in [2.75, 3.05) is 10.6 Å². The molecule has 36 heavy (non-hydrogen) atoms. The van der Waals surface area contributed by atoms with Gasteiger partial charge in [-0.15, -0.1) is 11.3 Å². The quantitative estimate of drug-likeness (QED) is 0.339. The fraction of sp³-hybridized carbons (Fsp3) is 0.111. The molecule has 0 radical (unpaired) electrons. The molecule has 0 saturated heterocycles. The Balaban J connectivity index is 1.20. The highest BCUT2D eigenvalue weighted by molar-refractivity contribution is 7.14. The van der Waals surface area contributed by atoms with E-state index in [1.54, 1.807) is 28.3 Å². The third-order valence-electron chi connectivity index (χ3n) is 5.84. The van der Waals surface area contributed by atoms with E-state index < -0.39 is 0 Å². The molecule has 180 valence electrons. The molecule has 0 aliphatic heterocycles. The summed E-state index contributed by atoms with van der Waals surface area (Å²) < 4.78 is 3.19. The molecule has 3 aromatic carbocycles. The number of hydrogen-bond acceptors (Lipinski definition) is 5. The molecule has 8 nitrogen and oxygen atoms in total. The van der Waals surface area contributed by atoms with Crippen LogP contribution < -0.4 is 16.3 Å². The van der Waals surface area contributed by atoms with Crippen molar-refractivity contribution >= 4 is 45.0 Å². The Hall–Kier alpha value is -4.50. The third-order valence-corrected chi connectivity index (χ3v) is 6.60. The van der Waals surface area contributed by atoms with Gasteiger partial charge in [0.1, 0.15) is 0 Å². The predicted molar refractivity (Wildman–Crippen MR) is 142 cm³/mol. The summed E-state index contributed by atoms with van der Waals surface area (Å²) in [6.07, 6.45) is 0.151. The maximum absolute atomic E-state index is 12.5. The van der Waals surface area contributed by atoms with Crippen molar-refractivity contribution in [2.45, 2.75) is 13.0 Å². The van der Waals surface area contributed by atoms with E-state index >= 15 is 0 Å². The van der Waals surface area contributed by atoms with Crippen LogP contribution >= 0.6 is 11.3 Å². The number of carbonyl (C=O) groups excluding carboxylic acids is 2. The number of thiazole rings is 1. The highest BCUT2D eigenvalue weighted by atomic mass is 32.1. The molecule has 5 aromatic rings. The van der Waals surface area contributed by atoms with Gasteiger partial charge < -0.3 is 10.6 Å². The fourth-order valence-electron chi connectivity index (χ4n) is 3.96. The van der Waals surface area contributed by atoms with Crippen LogP contribution in [0.2, 0.25) is 0 Å². The van der Waals surface area contributed by atoms with Gasteiger partial charge in [0, 0.05) is 42.2 Å². The Morgan fingerprint density at radius 2 is 1.58 bits per heavy atom. The topological polar surface area (TPSA) is 98.0 Å². The number of nitrogens with one attached hydrogen (secondary N) is 2. The van der Waals surface area contributed by atoms with Crippen molar-refractivity contribution in [3.8, 4) is 11.3 Å². The van der Waals surface area contributed by atoms with Crippen molar-refractivity contribution in [1.29, 1.82) is 0 Å². The molecule has 2 N–H and O–H groups in total. The van der Waals surface area contributed by atoms with Gasteiger partial charge in [-0.3, -0.25) is 18.7 Å². The van der Waals surface area contributed by atoms with E-state index in [0.29, 0.717) is 16.4 Å². The van der Waals surface area contributed by atoms with Gasteiger partial charge >= 0.3 is 5.69 Å². The Labute approximate surface area is 210 Å². The van der Waals surface area contributed by atoms with E-state index in [9.17, 15) is 14.4 Å². The Kier molecular flexibility index (Phi) is 6.46. The SMILES string of the molecule is Cn1c(=O)n(CCC(=O)Nc2nc(-c3ccc(NC(=O)c4ccccc4)cc3)cs2)c2ccccc21. The van der Waals surface area contributed by atoms with E-state index in [4.69, 9.17) is 0 Å². The molecule has 0 saturated carbocycles. The highest BCUT2D eigenvalue weighted by Gasteiger charge is 2.13. The number of anilines is 2. The van der Waals surface area contributed by atoms with Crippen LogP contribution in [0.15, 0.2) is 89.0 Å². The molecular formula is C27H23N5O3S. The first-order chi connectivity index (χ1) is 17.5. The smallest absolute Gasteiger partial charge is 0.322 e. The Bertz CT molecular complexity index is 1600. The van der Waals surface area contributed by atoms with Crippen molar-refractivity contribution in [1.82, 2.24) is 14.1 Å². The second kappa shape index (κ2) is 10.0. The first-order valence-electron chi connectivity index (χ1n) is 11.4. The number of aromatic nitrogens is 3. The van der Waals surface area contributed by atoms with Crippen molar-refractivity contribution in [3.63, 3.8) is 0 Å². The summed E-state index contributed by atoms with van der Waals surface area (Å²) in [5.41, 5.74) is 4.35. The summed E-state index contributed by atoms with van der Waals surface area (Å²) in [5, 5.41) is 8.05. The van der Waals surface area contributed by atoms with Crippen molar-refractivity contribution < 1.29 is 9.59 Å². The average Bonchev–Trinajstić information content (AvgIpc) is 3.46. The zero-order valence-electron chi connectivity index (χ0n) is 19.5. The van der Waals surface area contributed by atoms with Gasteiger partial charge in [0.05, 0.1) is 16.7 Å². The van der Waals surface area contributed by atoms with Gasteiger partial charge in [0.25, 0.3) is 5.91 Å². The van der Waals surface area contributed by atoms with Crippen molar-refractivity contribution in [3.05, 3.63) is 100 Å². The molecule has 0 spiro atoms. The van der Waals surface area contributed by atoms with Crippen LogP contribution in [0, 0.1) is 0 Å². The van der Waals surface area contributed by atoms with E-state index in [-0.39, 0.29) is 30.5 Å². The molecule has 2 aromatic heterocycles. The minimum absolute atomic E-state index is 0.149. The van der Waals surface area contributed by atoms with E-state index in [1.165, 1.54) is 11.3 Å². The van der Waals surface area contributed by atoms with E-state index in [0.717, 1.165) is 22.3 Å². The zero-order valence-corrected chi connectivity index (χ0v) is 20.3. The van der Waals surface area contributed by atoms with Crippen LogP contribution in [0.25, 0.3) is 22.3 Å². The molecular weight excluding hydrogens is 474 g/mol. The molecule has 2 amide bonds. The van der Waals surface area contributed by atoms with Crippen LogP contribution in [0.1, 0.15) is 16.8 Å². The zero-order chi connectivity index (χ0) is 25.1. The minimum atomic E-state index is -0.213. The van der Waals surface area contributed by atoms with E-state index in [2.05, 4.69) is 15.6 Å². The summed E-state index contributed by atoms with van der Waals surface area (Å²) in [7, 11) is 1.72. The molecule has 0 unspecified atom stereocenters. The van der Waals surface area contributed by atoms with Crippen LogP contribution in [0.4, 0.5) is 10.8 Å². The number of aryl methyl sites for hydroxylation is 2. The number of benzene rings is 3. The van der Waals surface area contributed by atoms with Crippen LogP contribution in [0.5, 0.6) is 0 Å². The molecule has 0 fully saturated rings. The van der Waals surface area contributed by atoms with Gasteiger partial charge in [-0.05, 0) is 36.4 Å². The van der Waals surface area contributed by atoms with Crippen LogP contribution in [-0.4, -0.2) is 25.9 Å². The fourth-order valence-corrected chi connectivity index (χ4v) is 4.69. The number of fused-ring (bicyclic) bond motifs is 1. The second-order valence-corrected chi connectivity index (χ2v) is 9.07. The third kappa shape index (κ3) is 4.82. The molecule has 5 rings (SSSR count). The minimum Gasteiger partial charge on any atom is -0.322 e. The van der Waals surface area contributed by atoms with Crippen molar-refractivity contribution in [2.24, 2.45) is 7.05 Å². The second-order valence-electron chi connectivity index (χ2n) is 8.22. The molecule has 0 bridgehead atoms. The monoisotopic (exact) mass is 497 g/mol. The first kappa shape index (κ1) is 23.3. The number of rotatable bonds is 7.